The first-order valence-corrected chi connectivity index (χ1v) is 21.8. The molecule has 3 aromatic carbocycles. The van der Waals surface area contributed by atoms with Crippen LogP contribution in [0.15, 0.2) is 81.8 Å². The summed E-state index contributed by atoms with van der Waals surface area (Å²) < 4.78 is 1.16. The van der Waals surface area contributed by atoms with E-state index in [0.717, 1.165) is 23.9 Å². The maximum absolute atomic E-state index is 14.4. The summed E-state index contributed by atoms with van der Waals surface area (Å²) in [6, 6.07) is 14.6. The van der Waals surface area contributed by atoms with E-state index in [-0.39, 0.29) is 69.2 Å². The number of amides is 2. The number of aromatic hydroxyl groups is 1. The Morgan fingerprint density at radius 3 is 2.10 bits per heavy atom. The van der Waals surface area contributed by atoms with Crippen LogP contribution in [-0.4, -0.2) is 38.6 Å². The third-order valence-electron chi connectivity index (χ3n) is 10.2. The van der Waals surface area contributed by atoms with Gasteiger partial charge in [0, 0.05) is 24.4 Å². The number of azo groups is 1. The Bertz CT molecular complexity index is 2110. The lowest BCUT2D eigenvalue weighted by Crippen LogP contribution is -2.32. The average molecular weight is 871 g/mol. The Labute approximate surface area is 360 Å². The summed E-state index contributed by atoms with van der Waals surface area (Å²) in [6.45, 7) is 4.11. The van der Waals surface area contributed by atoms with Gasteiger partial charge in [-0.1, -0.05) is 124 Å². The number of unbranched alkanes of at least 4 members (excludes halogenated alkanes) is 10. The highest BCUT2D eigenvalue weighted by atomic mass is 35.5. The van der Waals surface area contributed by atoms with E-state index in [2.05, 4.69) is 34.4 Å². The van der Waals surface area contributed by atoms with Gasteiger partial charge in [0.1, 0.15) is 11.4 Å². The fourth-order valence-corrected chi connectivity index (χ4v) is 8.25. The van der Waals surface area contributed by atoms with E-state index in [1.807, 2.05) is 0 Å². The number of allylic oxidation sites excluding steroid dienone is 2. The number of imide groups is 1. The van der Waals surface area contributed by atoms with Gasteiger partial charge >= 0.3 is 5.56 Å². The molecule has 14 heteroatoms. The van der Waals surface area contributed by atoms with E-state index in [1.165, 1.54) is 80.9 Å². The molecular weight excluding hydrogens is 818 g/mol. The van der Waals surface area contributed by atoms with Crippen molar-refractivity contribution < 1.29 is 14.7 Å². The minimum absolute atomic E-state index is 0.0864. The lowest BCUT2D eigenvalue weighted by Gasteiger charge is -2.30. The van der Waals surface area contributed by atoms with Crippen LogP contribution in [0.5, 0.6) is 5.75 Å². The summed E-state index contributed by atoms with van der Waals surface area (Å²) >= 11 is 26.6. The number of hydrogen-bond acceptors (Lipinski definition) is 7. The zero-order valence-electron chi connectivity index (χ0n) is 33.2. The van der Waals surface area contributed by atoms with E-state index in [1.54, 1.807) is 48.2 Å². The molecule has 1 saturated heterocycles. The molecule has 310 valence electrons. The highest BCUT2D eigenvalue weighted by molar-refractivity contribution is 6.40. The summed E-state index contributed by atoms with van der Waals surface area (Å²) in [4.78, 5) is 43.5. The SMILES string of the molecule is CCCCCCCCCCCC/C=C/CCC(Cl)CN(c1ccccc1N1C(=O)CCC1=O)c1[nH]n(-c2c(Cl)cc(Cl)cc2Cl)c(=O)c1N=Nc1ccc(O)c(C)c1. The quantitative estimate of drug-likeness (QED) is 0.0268. The molecule has 1 unspecified atom stereocenters. The molecule has 0 radical (unpaired) electrons. The normalized spacial score (nSPS) is 13.8. The van der Waals surface area contributed by atoms with Crippen LogP contribution in [0.1, 0.15) is 109 Å². The van der Waals surface area contributed by atoms with E-state index < -0.39 is 10.9 Å². The van der Waals surface area contributed by atoms with Crippen molar-refractivity contribution in [1.29, 1.82) is 0 Å². The second kappa shape index (κ2) is 22.3. The molecule has 1 aliphatic rings. The minimum atomic E-state index is -0.641. The third kappa shape index (κ3) is 12.0. The monoisotopic (exact) mass is 868 g/mol. The van der Waals surface area contributed by atoms with Gasteiger partial charge in [0.2, 0.25) is 11.8 Å². The van der Waals surface area contributed by atoms with Crippen LogP contribution in [0.4, 0.5) is 28.6 Å². The van der Waals surface area contributed by atoms with E-state index >= 15 is 0 Å². The largest absolute Gasteiger partial charge is 0.508 e. The number of nitrogens with zero attached hydrogens (tertiary/aromatic N) is 5. The summed E-state index contributed by atoms with van der Waals surface area (Å²) in [5.74, 6) is -0.409. The van der Waals surface area contributed by atoms with Gasteiger partial charge in [-0.05, 0) is 80.6 Å². The number of aryl methyl sites for hydroxylation is 1. The molecule has 2 amide bonds. The van der Waals surface area contributed by atoms with Gasteiger partial charge in [0.25, 0.3) is 0 Å². The second-order valence-corrected chi connectivity index (χ2v) is 16.5. The van der Waals surface area contributed by atoms with Gasteiger partial charge < -0.3 is 10.0 Å². The number of carbonyl (C=O) groups excluding carboxylic acids is 2. The zero-order valence-corrected chi connectivity index (χ0v) is 36.2. The van der Waals surface area contributed by atoms with Crippen LogP contribution in [-0.2, 0) is 9.59 Å². The summed E-state index contributed by atoms with van der Waals surface area (Å²) in [6.07, 6.45) is 19.8. The number of para-hydroxylation sites is 2. The number of aromatic amines is 1. The molecule has 10 nitrogen and oxygen atoms in total. The number of H-pyrrole nitrogens is 1. The van der Waals surface area contributed by atoms with Crippen molar-refractivity contribution in [3.05, 3.63) is 97.7 Å². The van der Waals surface area contributed by atoms with Crippen LogP contribution < -0.4 is 15.4 Å². The minimum Gasteiger partial charge on any atom is -0.508 e. The molecule has 1 fully saturated rings. The highest BCUT2D eigenvalue weighted by Crippen LogP contribution is 2.41. The Balaban J connectivity index is 1.44. The fraction of sp³-hybridized carbons (Fsp3) is 0.432. The van der Waals surface area contributed by atoms with Crippen molar-refractivity contribution in [2.75, 3.05) is 16.3 Å². The predicted octanol–water partition coefficient (Wildman–Crippen LogP) is 13.6. The van der Waals surface area contributed by atoms with E-state index in [9.17, 15) is 19.5 Å². The van der Waals surface area contributed by atoms with Crippen molar-refractivity contribution in [1.82, 2.24) is 9.78 Å². The number of phenolic OH excluding ortho intramolecular Hbond substituents is 1. The van der Waals surface area contributed by atoms with Gasteiger partial charge in [-0.25, -0.2) is 9.58 Å². The van der Waals surface area contributed by atoms with Crippen LogP contribution in [0.3, 0.4) is 0 Å². The molecule has 58 heavy (non-hydrogen) atoms. The molecule has 5 rings (SSSR count). The Hall–Kier alpha value is -4.09. The first-order chi connectivity index (χ1) is 28.0. The van der Waals surface area contributed by atoms with Gasteiger partial charge in [-0.3, -0.25) is 19.5 Å². The first kappa shape index (κ1) is 45.0. The number of hydrogen-bond donors (Lipinski definition) is 2. The topological polar surface area (TPSA) is 123 Å². The Morgan fingerprint density at radius 2 is 1.45 bits per heavy atom. The number of carbonyl (C=O) groups is 2. The zero-order chi connectivity index (χ0) is 41.6. The molecule has 0 spiro atoms. The van der Waals surface area contributed by atoms with Crippen LogP contribution >= 0.6 is 46.4 Å². The molecule has 0 saturated carbocycles. The maximum atomic E-state index is 14.4. The molecule has 1 aromatic heterocycles. The lowest BCUT2D eigenvalue weighted by molar-refractivity contribution is -0.121. The van der Waals surface area contributed by atoms with Crippen LogP contribution in [0.25, 0.3) is 5.69 Å². The third-order valence-corrected chi connectivity index (χ3v) is 11.3. The number of phenols is 1. The molecule has 1 atom stereocenters. The van der Waals surface area contributed by atoms with E-state index in [0.29, 0.717) is 29.0 Å². The summed E-state index contributed by atoms with van der Waals surface area (Å²) in [5.41, 5.74) is 1.10. The van der Waals surface area contributed by atoms with E-state index in [4.69, 9.17) is 46.4 Å². The Kier molecular flexibility index (Phi) is 17.3. The maximum Gasteiger partial charge on any atom is 0.301 e. The fourth-order valence-electron chi connectivity index (χ4n) is 7.00. The van der Waals surface area contributed by atoms with Crippen molar-refractivity contribution in [3.63, 3.8) is 0 Å². The second-order valence-electron chi connectivity index (χ2n) is 14.7. The number of aromatic nitrogens is 2. The lowest BCUT2D eigenvalue weighted by atomic mass is 10.1. The highest BCUT2D eigenvalue weighted by Gasteiger charge is 2.34. The van der Waals surface area contributed by atoms with Crippen LogP contribution in [0.2, 0.25) is 15.1 Å². The molecular formula is C44H52Cl4N6O4. The van der Waals surface area contributed by atoms with Crippen molar-refractivity contribution in [2.24, 2.45) is 10.2 Å². The number of benzene rings is 3. The van der Waals surface area contributed by atoms with Gasteiger partial charge in [-0.2, -0.15) is 5.11 Å². The van der Waals surface area contributed by atoms with Crippen molar-refractivity contribution >= 4 is 86.8 Å². The molecule has 2 N–H and O–H groups in total. The van der Waals surface area contributed by atoms with Crippen molar-refractivity contribution in [2.45, 2.75) is 116 Å². The summed E-state index contributed by atoms with van der Waals surface area (Å²) in [5, 5.41) is 22.1. The van der Waals surface area contributed by atoms with Crippen LogP contribution in [0, 0.1) is 6.92 Å². The number of nitrogens with one attached hydrogen (secondary N) is 1. The van der Waals surface area contributed by atoms with Crippen molar-refractivity contribution in [3.8, 4) is 11.4 Å². The first-order valence-electron chi connectivity index (χ1n) is 20.2. The smallest absolute Gasteiger partial charge is 0.301 e. The standard InChI is InChI=1S/C44H52Cl4N6O4/c1-3-4-5-6-7-8-9-10-11-12-13-14-15-16-19-31(45)29-52(36-20-17-18-21-37(36)53-39(56)24-25-40(53)57)43-41(50-49-33-22-23-38(55)30(2)26-33)44(58)54(51-43)42-34(47)27-32(46)28-35(42)48/h14-15,17-18,20-23,26-28,31,51,55H,3-13,16,19,24-25,29H2,1-2H3/b15-14+,50-49?. The van der Waals surface area contributed by atoms with Gasteiger partial charge in [0.05, 0.1) is 32.5 Å². The molecule has 1 aliphatic heterocycles. The molecule has 0 aliphatic carbocycles. The van der Waals surface area contributed by atoms with Gasteiger partial charge in [0.15, 0.2) is 11.5 Å². The summed E-state index contributed by atoms with van der Waals surface area (Å²) in [7, 11) is 0. The number of alkyl halides is 1. The molecule has 2 heterocycles. The number of halogens is 4. The average Bonchev–Trinajstić information content (AvgIpc) is 3.70. The number of anilines is 3. The van der Waals surface area contributed by atoms with Gasteiger partial charge in [-0.15, -0.1) is 16.7 Å². The number of rotatable bonds is 22. The predicted molar refractivity (Wildman–Crippen MR) is 238 cm³/mol. The molecule has 4 aromatic rings. The molecule has 0 bridgehead atoms. The Morgan fingerprint density at radius 1 is 0.828 bits per heavy atom.